The van der Waals surface area contributed by atoms with Crippen LogP contribution in [0, 0.1) is 0 Å². The minimum Gasteiger partial charge on any atom is -0.271 e. The number of aromatic nitrogens is 4. The highest BCUT2D eigenvalue weighted by atomic mass is 16.2. The van der Waals surface area contributed by atoms with E-state index in [1.807, 2.05) is 36.4 Å². The van der Waals surface area contributed by atoms with Gasteiger partial charge < -0.3 is 0 Å². The Morgan fingerprint density at radius 1 is 1.08 bits per heavy atom. The van der Waals surface area contributed by atoms with E-state index < -0.39 is 0 Å². The second-order valence-electron chi connectivity index (χ2n) is 5.33. The van der Waals surface area contributed by atoms with Gasteiger partial charge in [0.15, 0.2) is 0 Å². The summed E-state index contributed by atoms with van der Waals surface area (Å²) in [5, 5.41) is 5.34. The van der Waals surface area contributed by atoms with E-state index >= 15 is 0 Å². The monoisotopic (exact) mass is 319 g/mol. The van der Waals surface area contributed by atoms with E-state index in [0.717, 1.165) is 21.1 Å². The summed E-state index contributed by atoms with van der Waals surface area (Å²) in [4.78, 5) is 28.8. The molecule has 7 nitrogen and oxygen atoms in total. The van der Waals surface area contributed by atoms with Gasteiger partial charge in [0.1, 0.15) is 12.9 Å². The molecular formula is C17H13N5O2. The first kappa shape index (κ1) is 14.1. The maximum atomic E-state index is 12.4. The number of nitrogens with zero attached hydrogens (tertiary/aromatic N) is 4. The first-order valence-electron chi connectivity index (χ1n) is 7.39. The predicted octanol–water partition coefficient (Wildman–Crippen LogP) is 1.52. The molecule has 0 saturated carbocycles. The van der Waals surface area contributed by atoms with Crippen molar-refractivity contribution in [2.75, 3.05) is 5.43 Å². The normalized spacial score (nSPS) is 11.0. The lowest BCUT2D eigenvalue weighted by Gasteiger charge is -2.08. The maximum Gasteiger partial charge on any atom is 0.275 e. The van der Waals surface area contributed by atoms with E-state index in [2.05, 4.69) is 15.5 Å². The number of hydrogen-bond donors (Lipinski definition) is 1. The van der Waals surface area contributed by atoms with Crippen molar-refractivity contribution in [1.82, 2.24) is 19.4 Å². The second kappa shape index (κ2) is 5.62. The third kappa shape index (κ3) is 2.41. The van der Waals surface area contributed by atoms with Crippen LogP contribution < -0.4 is 11.0 Å². The summed E-state index contributed by atoms with van der Waals surface area (Å²) in [5.74, 6) is -0.358. The molecule has 0 aliphatic heterocycles. The van der Waals surface area contributed by atoms with Crippen LogP contribution in [0.4, 0.5) is 0 Å². The molecule has 118 valence electrons. The molecule has 1 N–H and O–H groups in total. The number of carbonyl (C=O) groups is 1. The fraction of sp³-hybridized carbons (Fsp3) is 0.0588. The summed E-state index contributed by atoms with van der Waals surface area (Å²) in [6.07, 6.45) is 3.11. The lowest BCUT2D eigenvalue weighted by atomic mass is 10.2. The van der Waals surface area contributed by atoms with Gasteiger partial charge in [0.05, 0.1) is 22.6 Å². The van der Waals surface area contributed by atoms with Crippen molar-refractivity contribution >= 4 is 27.7 Å². The molecule has 0 unspecified atom stereocenters. The number of amides is 1. The molecule has 0 aliphatic rings. The van der Waals surface area contributed by atoms with Crippen molar-refractivity contribution in [2.24, 2.45) is 0 Å². The van der Waals surface area contributed by atoms with E-state index in [-0.39, 0.29) is 18.0 Å². The number of imidazole rings is 1. The average molecular weight is 319 g/mol. The van der Waals surface area contributed by atoms with Gasteiger partial charge in [-0.3, -0.25) is 15.0 Å². The molecule has 0 radical (unpaired) electrons. The summed E-state index contributed by atoms with van der Waals surface area (Å²) in [5.41, 5.74) is 3.97. The second-order valence-corrected chi connectivity index (χ2v) is 5.33. The van der Waals surface area contributed by atoms with Crippen LogP contribution in [0.25, 0.3) is 21.8 Å². The molecule has 2 heterocycles. The van der Waals surface area contributed by atoms with Crippen LogP contribution in [0.5, 0.6) is 0 Å². The van der Waals surface area contributed by atoms with Gasteiger partial charge >= 0.3 is 0 Å². The number of para-hydroxylation sites is 2. The van der Waals surface area contributed by atoms with Crippen LogP contribution in [-0.4, -0.2) is 25.3 Å². The van der Waals surface area contributed by atoms with Crippen LogP contribution in [0.3, 0.4) is 0 Å². The van der Waals surface area contributed by atoms with E-state index in [4.69, 9.17) is 0 Å². The van der Waals surface area contributed by atoms with Gasteiger partial charge in [-0.25, -0.2) is 14.3 Å². The van der Waals surface area contributed by atoms with Crippen molar-refractivity contribution in [3.8, 4) is 0 Å². The van der Waals surface area contributed by atoms with E-state index in [9.17, 15) is 9.59 Å². The number of nitrogens with one attached hydrogen (secondary N) is 1. The summed E-state index contributed by atoms with van der Waals surface area (Å²) in [7, 11) is 0. The van der Waals surface area contributed by atoms with E-state index in [1.54, 1.807) is 18.3 Å². The van der Waals surface area contributed by atoms with Gasteiger partial charge in [0.2, 0.25) is 0 Å². The Morgan fingerprint density at radius 2 is 1.88 bits per heavy atom. The number of fused-ring (bicyclic) bond motifs is 2. The zero-order valence-electron chi connectivity index (χ0n) is 12.6. The van der Waals surface area contributed by atoms with Crippen LogP contribution in [-0.2, 0) is 11.3 Å². The highest BCUT2D eigenvalue weighted by Gasteiger charge is 2.10. The zero-order valence-corrected chi connectivity index (χ0v) is 12.6. The third-order valence-electron chi connectivity index (χ3n) is 3.75. The molecule has 0 fully saturated rings. The number of rotatable bonds is 3. The Hall–Kier alpha value is -3.48. The average Bonchev–Trinajstić information content (AvgIpc) is 3.01. The Morgan fingerprint density at radius 3 is 2.79 bits per heavy atom. The molecular weight excluding hydrogens is 306 g/mol. The lowest BCUT2D eigenvalue weighted by Crippen LogP contribution is -2.32. The van der Waals surface area contributed by atoms with Crippen LogP contribution in [0.1, 0.15) is 0 Å². The van der Waals surface area contributed by atoms with Crippen LogP contribution in [0.15, 0.2) is 65.8 Å². The summed E-state index contributed by atoms with van der Waals surface area (Å²) in [6, 6.07) is 14.6. The molecule has 0 saturated heterocycles. The molecule has 24 heavy (non-hydrogen) atoms. The largest absolute Gasteiger partial charge is 0.275 e. The highest BCUT2D eigenvalue weighted by molar-refractivity contribution is 5.86. The first-order chi connectivity index (χ1) is 11.7. The van der Waals surface area contributed by atoms with Crippen LogP contribution >= 0.6 is 0 Å². The Balaban J connectivity index is 1.60. The van der Waals surface area contributed by atoms with Gasteiger partial charge in [-0.15, -0.1) is 0 Å². The minimum absolute atomic E-state index is 0.170. The van der Waals surface area contributed by atoms with E-state index in [1.165, 1.54) is 11.0 Å². The minimum atomic E-state index is -0.358. The van der Waals surface area contributed by atoms with Gasteiger partial charge in [-0.2, -0.15) is 5.10 Å². The highest BCUT2D eigenvalue weighted by Crippen LogP contribution is 2.10. The van der Waals surface area contributed by atoms with Crippen molar-refractivity contribution in [3.63, 3.8) is 0 Å². The predicted molar refractivity (Wildman–Crippen MR) is 90.1 cm³/mol. The number of hydrogen-bond acceptors (Lipinski definition) is 4. The molecule has 4 rings (SSSR count). The van der Waals surface area contributed by atoms with Gasteiger partial charge in [0, 0.05) is 5.39 Å². The fourth-order valence-corrected chi connectivity index (χ4v) is 2.59. The van der Waals surface area contributed by atoms with E-state index in [0.29, 0.717) is 5.39 Å². The summed E-state index contributed by atoms with van der Waals surface area (Å²) >= 11 is 0. The first-order valence-corrected chi connectivity index (χ1v) is 7.39. The Kier molecular flexibility index (Phi) is 3.31. The lowest BCUT2D eigenvalue weighted by molar-refractivity contribution is -0.117. The summed E-state index contributed by atoms with van der Waals surface area (Å²) < 4.78 is 2.68. The number of carbonyl (C=O) groups excluding carboxylic acids is 1. The Bertz CT molecular complexity index is 1110. The molecule has 4 aromatic rings. The molecule has 0 atom stereocenters. The SMILES string of the molecule is O=C(Cn1ncc2ccccc2c1=O)Nn1cnc2ccccc21. The molecule has 1 amide bonds. The van der Waals surface area contributed by atoms with Crippen molar-refractivity contribution < 1.29 is 4.79 Å². The van der Waals surface area contributed by atoms with Gasteiger partial charge in [-0.1, -0.05) is 30.3 Å². The zero-order chi connectivity index (χ0) is 16.5. The number of benzene rings is 2. The van der Waals surface area contributed by atoms with Crippen molar-refractivity contribution in [3.05, 3.63) is 71.4 Å². The maximum absolute atomic E-state index is 12.4. The van der Waals surface area contributed by atoms with Gasteiger partial charge in [0.25, 0.3) is 11.5 Å². The van der Waals surface area contributed by atoms with Crippen LogP contribution in [0.2, 0.25) is 0 Å². The van der Waals surface area contributed by atoms with Crippen molar-refractivity contribution in [1.29, 1.82) is 0 Å². The molecule has 0 aliphatic carbocycles. The molecule has 0 spiro atoms. The summed E-state index contributed by atoms with van der Waals surface area (Å²) in [6.45, 7) is -0.170. The third-order valence-corrected chi connectivity index (χ3v) is 3.75. The molecule has 7 heteroatoms. The fourth-order valence-electron chi connectivity index (χ4n) is 2.59. The topological polar surface area (TPSA) is 81.8 Å². The Labute approximate surface area is 136 Å². The quantitative estimate of drug-likeness (QED) is 0.621. The van der Waals surface area contributed by atoms with Gasteiger partial charge in [-0.05, 0) is 18.2 Å². The molecule has 2 aromatic carbocycles. The standard InChI is InChI=1S/C17H13N5O2/c23-16(20-22-11-18-14-7-3-4-8-15(14)22)10-21-17(24)13-6-2-1-5-12(13)9-19-21/h1-9,11H,10H2,(H,20,23). The smallest absolute Gasteiger partial charge is 0.271 e. The molecule has 0 bridgehead atoms. The van der Waals surface area contributed by atoms with Crippen molar-refractivity contribution in [2.45, 2.75) is 6.54 Å². The molecule has 2 aromatic heterocycles.